The minimum atomic E-state index is -3.66. The van der Waals surface area contributed by atoms with Crippen molar-refractivity contribution in [1.29, 1.82) is 0 Å². The molecule has 0 aromatic heterocycles. The van der Waals surface area contributed by atoms with Gasteiger partial charge in [0, 0.05) is 18.7 Å². The van der Waals surface area contributed by atoms with Crippen LogP contribution in [0.2, 0.25) is 0 Å². The highest BCUT2D eigenvalue weighted by atomic mass is 32.2. The Hall–Kier alpha value is -4.60. The number of rotatable bonds is 14. The molecule has 47 heavy (non-hydrogen) atoms. The Morgan fingerprint density at radius 2 is 1.64 bits per heavy atom. The minimum Gasteiger partial charge on any atom is -0.478 e. The highest BCUT2D eigenvalue weighted by Gasteiger charge is 2.26. The molecule has 1 unspecified atom stereocenters. The number of nitrogens with zero attached hydrogens (tertiary/aromatic N) is 1. The Kier molecular flexibility index (Phi) is 11.5. The number of hydrogen-bond donors (Lipinski definition) is 5. The summed E-state index contributed by atoms with van der Waals surface area (Å²) in [6, 6.07) is 12.2. The quantitative estimate of drug-likeness (QED) is 0.167. The maximum atomic E-state index is 14.3. The van der Waals surface area contributed by atoms with E-state index in [1.54, 1.807) is 12.1 Å². The van der Waals surface area contributed by atoms with Crippen molar-refractivity contribution >= 4 is 39.2 Å². The first-order chi connectivity index (χ1) is 22.2. The lowest BCUT2D eigenvalue weighted by molar-refractivity contribution is -0.118. The van der Waals surface area contributed by atoms with Crippen LogP contribution in [0.4, 0.5) is 20.2 Å². The lowest BCUT2D eigenvalue weighted by Gasteiger charge is -2.34. The van der Waals surface area contributed by atoms with E-state index in [4.69, 9.17) is 10.5 Å². The third-order valence-electron chi connectivity index (χ3n) is 7.58. The number of anilines is 2. The molecule has 0 bridgehead atoms. The first kappa shape index (κ1) is 35.3. The Labute approximate surface area is 271 Å². The first-order valence-corrected chi connectivity index (χ1v) is 16.8. The van der Waals surface area contributed by atoms with Gasteiger partial charge in [-0.2, -0.15) is 0 Å². The normalized spacial score (nSPS) is 14.7. The van der Waals surface area contributed by atoms with Crippen LogP contribution in [0.25, 0.3) is 0 Å². The number of sulfonamides is 1. The van der Waals surface area contributed by atoms with Crippen LogP contribution >= 0.6 is 0 Å². The minimum absolute atomic E-state index is 0.0401. The van der Waals surface area contributed by atoms with Crippen LogP contribution in [0, 0.1) is 11.6 Å². The highest BCUT2D eigenvalue weighted by molar-refractivity contribution is 7.92. The van der Waals surface area contributed by atoms with Crippen molar-refractivity contribution in [2.45, 2.75) is 51.2 Å². The molecule has 15 heteroatoms. The second-order valence-corrected chi connectivity index (χ2v) is 13.1. The second kappa shape index (κ2) is 15.3. The predicted molar refractivity (Wildman–Crippen MR) is 172 cm³/mol. The summed E-state index contributed by atoms with van der Waals surface area (Å²) in [5, 5.41) is 15.3. The molecule has 2 amide bonds. The predicted octanol–water partition coefficient (Wildman–Crippen LogP) is 4.29. The number of piperidine rings is 1. The van der Waals surface area contributed by atoms with E-state index in [0.29, 0.717) is 31.2 Å². The number of hydrogen-bond acceptors (Lipinski definition) is 8. The molecule has 252 valence electrons. The van der Waals surface area contributed by atoms with E-state index in [1.165, 1.54) is 18.2 Å². The number of aromatic carboxylic acids is 1. The van der Waals surface area contributed by atoms with Crippen LogP contribution in [0.1, 0.15) is 58.9 Å². The van der Waals surface area contributed by atoms with E-state index < -0.39 is 51.0 Å². The van der Waals surface area contributed by atoms with Gasteiger partial charge in [-0.1, -0.05) is 25.5 Å². The number of benzene rings is 3. The number of halogens is 2. The van der Waals surface area contributed by atoms with Crippen molar-refractivity contribution in [3.63, 3.8) is 0 Å². The Balaban J connectivity index is 1.30. The van der Waals surface area contributed by atoms with Crippen LogP contribution in [-0.2, 0) is 21.4 Å². The van der Waals surface area contributed by atoms with Crippen LogP contribution < -0.4 is 25.8 Å². The van der Waals surface area contributed by atoms with Gasteiger partial charge in [0.2, 0.25) is 15.9 Å². The second-order valence-electron chi connectivity index (χ2n) is 11.4. The smallest absolute Gasteiger partial charge is 0.337 e. The van der Waals surface area contributed by atoms with Gasteiger partial charge in [-0.15, -0.1) is 0 Å². The summed E-state index contributed by atoms with van der Waals surface area (Å²) in [7, 11) is -3.66. The van der Waals surface area contributed by atoms with E-state index in [-0.39, 0.29) is 28.7 Å². The topological polar surface area (TPSA) is 180 Å². The molecule has 0 radical (unpaired) electrons. The van der Waals surface area contributed by atoms with Gasteiger partial charge in [0.1, 0.15) is 23.1 Å². The molecule has 0 spiro atoms. The molecule has 1 atom stereocenters. The standard InChI is InChI=1S/C32H37F2N5O7S/c1-3-4-28(31(41)37-29-16-23(30(35)40)25(33)17-26(29)34)36-20-11-13-39(14-12-20)18-19-5-7-21(8-6-19)46-22-9-10-27(38-47(2,44)45)24(15-22)32(42)43/h5-10,15-17,20,28,36,38H,3-4,11-14,18H2,1-2H3,(H2,35,40)(H,37,41)(H,42,43). The molecule has 3 aromatic carbocycles. The number of ether oxygens (including phenoxy) is 1. The van der Waals surface area contributed by atoms with Crippen molar-refractivity contribution < 1.29 is 41.4 Å². The summed E-state index contributed by atoms with van der Waals surface area (Å²) in [4.78, 5) is 38.4. The number of amides is 2. The van der Waals surface area contributed by atoms with Gasteiger partial charge >= 0.3 is 5.97 Å². The fourth-order valence-corrected chi connectivity index (χ4v) is 5.86. The summed E-state index contributed by atoms with van der Waals surface area (Å²) < 4.78 is 59.2. The van der Waals surface area contributed by atoms with Gasteiger partial charge in [0.15, 0.2) is 0 Å². The zero-order chi connectivity index (χ0) is 34.3. The Morgan fingerprint density at radius 3 is 2.23 bits per heavy atom. The van der Waals surface area contributed by atoms with Gasteiger partial charge < -0.3 is 26.2 Å². The van der Waals surface area contributed by atoms with Gasteiger partial charge in [0.25, 0.3) is 5.91 Å². The van der Waals surface area contributed by atoms with Crippen molar-refractivity contribution in [3.8, 4) is 11.5 Å². The van der Waals surface area contributed by atoms with Crippen molar-refractivity contribution in [2.75, 3.05) is 29.4 Å². The fourth-order valence-electron chi connectivity index (χ4n) is 5.28. The molecule has 1 saturated heterocycles. The molecule has 1 aliphatic rings. The number of carbonyl (C=O) groups excluding carboxylic acids is 2. The van der Waals surface area contributed by atoms with Gasteiger partial charge in [-0.3, -0.25) is 19.2 Å². The highest BCUT2D eigenvalue weighted by Crippen LogP contribution is 2.28. The average molecular weight is 674 g/mol. The molecule has 4 rings (SSSR count). The van der Waals surface area contributed by atoms with Crippen LogP contribution in [0.3, 0.4) is 0 Å². The third-order valence-corrected chi connectivity index (χ3v) is 8.17. The number of primary amides is 1. The number of likely N-dealkylation sites (tertiary alicyclic amines) is 1. The lowest BCUT2D eigenvalue weighted by Crippen LogP contribution is -2.50. The molecule has 1 aliphatic heterocycles. The molecular formula is C32H37F2N5O7S. The van der Waals surface area contributed by atoms with Crippen molar-refractivity contribution in [2.24, 2.45) is 5.73 Å². The van der Waals surface area contributed by atoms with Crippen molar-refractivity contribution in [1.82, 2.24) is 10.2 Å². The summed E-state index contributed by atoms with van der Waals surface area (Å²) in [6.07, 6.45) is 3.64. The lowest BCUT2D eigenvalue weighted by atomic mass is 10.0. The Bertz CT molecular complexity index is 1730. The van der Waals surface area contributed by atoms with Gasteiger partial charge in [-0.25, -0.2) is 22.0 Å². The monoisotopic (exact) mass is 673 g/mol. The van der Waals surface area contributed by atoms with E-state index in [2.05, 4.69) is 20.3 Å². The molecule has 0 aliphatic carbocycles. The maximum Gasteiger partial charge on any atom is 0.337 e. The Morgan fingerprint density at radius 1 is 0.979 bits per heavy atom. The summed E-state index contributed by atoms with van der Waals surface area (Å²) >= 11 is 0. The molecule has 0 saturated carbocycles. The van der Waals surface area contributed by atoms with Crippen LogP contribution in [0.15, 0.2) is 54.6 Å². The molecule has 12 nitrogen and oxygen atoms in total. The van der Waals surface area contributed by atoms with Crippen molar-refractivity contribution in [3.05, 3.63) is 82.9 Å². The molecule has 1 heterocycles. The molecule has 3 aromatic rings. The summed E-state index contributed by atoms with van der Waals surface area (Å²) in [5.41, 5.74) is 5.05. The van der Waals surface area contributed by atoms with Gasteiger partial charge in [-0.05, 0) is 74.3 Å². The average Bonchev–Trinajstić information content (AvgIpc) is 3.00. The number of nitrogens with two attached hydrogens (primary N) is 1. The van der Waals surface area contributed by atoms with Gasteiger partial charge in [0.05, 0.1) is 34.8 Å². The number of carbonyl (C=O) groups is 3. The molecular weight excluding hydrogens is 636 g/mol. The zero-order valence-corrected chi connectivity index (χ0v) is 26.7. The van der Waals surface area contributed by atoms with E-state index >= 15 is 0 Å². The number of nitrogens with one attached hydrogen (secondary N) is 3. The van der Waals surface area contributed by atoms with E-state index in [9.17, 15) is 36.7 Å². The fraction of sp³-hybridized carbons (Fsp3) is 0.344. The van der Waals surface area contributed by atoms with E-state index in [0.717, 1.165) is 43.8 Å². The molecule has 6 N–H and O–H groups in total. The molecule has 1 fully saturated rings. The summed E-state index contributed by atoms with van der Waals surface area (Å²) in [6.45, 7) is 4.12. The van der Waals surface area contributed by atoms with E-state index in [1.807, 2.05) is 19.1 Å². The SMILES string of the molecule is CCCC(NC1CCN(Cc2ccc(Oc3ccc(NS(C)(=O)=O)c(C(=O)O)c3)cc2)CC1)C(=O)Nc1cc(C(N)=O)c(F)cc1F. The maximum absolute atomic E-state index is 14.3. The number of carboxylic acid groups (broad SMARTS) is 1. The summed E-state index contributed by atoms with van der Waals surface area (Å²) in [5.74, 6) is -4.26. The van der Waals surface area contributed by atoms with Crippen LogP contribution in [-0.4, -0.2) is 67.6 Å². The number of carboxylic acids is 1. The van der Waals surface area contributed by atoms with Crippen LogP contribution in [0.5, 0.6) is 11.5 Å². The third kappa shape index (κ3) is 9.94. The zero-order valence-electron chi connectivity index (χ0n) is 25.9. The first-order valence-electron chi connectivity index (χ1n) is 14.9. The largest absolute Gasteiger partial charge is 0.478 e.